The monoisotopic (exact) mass is 198 g/mol. The maximum absolute atomic E-state index is 5.02. The van der Waals surface area contributed by atoms with Crippen LogP contribution in [0.15, 0.2) is 22.7 Å². The third-order valence-electron chi connectivity index (χ3n) is 2.91. The molecular formula is C11H11BN2O. The second-order valence-corrected chi connectivity index (χ2v) is 3.93. The first kappa shape index (κ1) is 8.71. The van der Waals surface area contributed by atoms with Crippen LogP contribution in [0.5, 0.6) is 0 Å². The van der Waals surface area contributed by atoms with Gasteiger partial charge in [-0.1, -0.05) is 23.4 Å². The molecular weight excluding hydrogens is 187 g/mol. The fourth-order valence-corrected chi connectivity index (χ4v) is 2.24. The third-order valence-corrected chi connectivity index (χ3v) is 2.91. The summed E-state index contributed by atoms with van der Waals surface area (Å²) in [4.78, 5) is 4.28. The van der Waals surface area contributed by atoms with Gasteiger partial charge in [-0.05, 0) is 30.4 Å². The lowest BCUT2D eigenvalue weighted by Gasteiger charge is -2.03. The van der Waals surface area contributed by atoms with E-state index in [0.29, 0.717) is 5.79 Å². The van der Waals surface area contributed by atoms with Gasteiger partial charge in [0.1, 0.15) is 0 Å². The van der Waals surface area contributed by atoms with Gasteiger partial charge in [-0.2, -0.15) is 0 Å². The molecule has 0 saturated carbocycles. The molecule has 0 amide bonds. The van der Waals surface area contributed by atoms with E-state index in [-0.39, 0.29) is 0 Å². The Bertz CT molecular complexity index is 507. The summed E-state index contributed by atoms with van der Waals surface area (Å²) in [6.45, 7) is 0. The Kier molecular flexibility index (Phi) is 1.87. The van der Waals surface area contributed by atoms with Gasteiger partial charge < -0.3 is 4.52 Å². The van der Waals surface area contributed by atoms with Gasteiger partial charge in [0.25, 0.3) is 0 Å². The van der Waals surface area contributed by atoms with Crippen LogP contribution in [0, 0.1) is 0 Å². The van der Waals surface area contributed by atoms with Crippen LogP contribution in [0.1, 0.15) is 17.5 Å². The van der Waals surface area contributed by atoms with Crippen molar-refractivity contribution in [3.8, 4) is 11.4 Å². The molecule has 1 aromatic heterocycles. The second-order valence-electron chi connectivity index (χ2n) is 3.93. The fourth-order valence-electron chi connectivity index (χ4n) is 2.24. The molecule has 0 spiro atoms. The van der Waals surface area contributed by atoms with Crippen molar-refractivity contribution < 1.29 is 4.52 Å². The third kappa shape index (κ3) is 1.37. The maximum Gasteiger partial charge on any atom is 0.216 e. The van der Waals surface area contributed by atoms with Crippen molar-refractivity contribution in [3.63, 3.8) is 0 Å². The molecule has 0 fully saturated rings. The summed E-state index contributed by atoms with van der Waals surface area (Å²) < 4.78 is 5.02. The molecule has 1 aliphatic rings. The largest absolute Gasteiger partial charge is 0.351 e. The van der Waals surface area contributed by atoms with E-state index < -0.39 is 0 Å². The Morgan fingerprint density at radius 2 is 2.20 bits per heavy atom. The summed E-state index contributed by atoms with van der Waals surface area (Å²) >= 11 is 0. The van der Waals surface area contributed by atoms with E-state index in [1.54, 1.807) is 0 Å². The Labute approximate surface area is 88.9 Å². The number of benzene rings is 1. The quantitative estimate of drug-likeness (QED) is 0.625. The number of rotatable bonds is 1. The lowest BCUT2D eigenvalue weighted by atomic mass is 10.0. The molecule has 2 aromatic rings. The maximum atomic E-state index is 5.02. The number of hydrogen-bond donors (Lipinski definition) is 0. The van der Waals surface area contributed by atoms with Gasteiger partial charge in [0.05, 0.1) is 0 Å². The minimum Gasteiger partial charge on any atom is -0.351 e. The Balaban J connectivity index is 2.16. The summed E-state index contributed by atoms with van der Waals surface area (Å²) in [5.41, 5.74) is 3.98. The summed E-state index contributed by atoms with van der Waals surface area (Å²) in [5.74, 6) is 1.35. The molecule has 4 heteroatoms. The number of fused-ring (bicyclic) bond motifs is 1. The van der Waals surface area contributed by atoms with Gasteiger partial charge in [-0.25, -0.2) is 4.98 Å². The Morgan fingerprint density at radius 3 is 3.00 bits per heavy atom. The van der Waals surface area contributed by atoms with E-state index in [1.807, 2.05) is 7.85 Å². The highest BCUT2D eigenvalue weighted by atomic mass is 16.5. The van der Waals surface area contributed by atoms with E-state index in [2.05, 4.69) is 28.3 Å². The molecule has 15 heavy (non-hydrogen) atoms. The van der Waals surface area contributed by atoms with Crippen LogP contribution in [0.25, 0.3) is 11.4 Å². The molecule has 3 nitrogen and oxygen atoms in total. The zero-order chi connectivity index (χ0) is 10.3. The first-order valence-corrected chi connectivity index (χ1v) is 5.26. The predicted molar refractivity (Wildman–Crippen MR) is 59.9 cm³/mol. The van der Waals surface area contributed by atoms with Crippen LogP contribution in [-0.2, 0) is 12.8 Å². The molecule has 0 saturated heterocycles. The number of aromatic nitrogens is 2. The number of nitrogens with zero attached hydrogens (tertiary/aromatic N) is 2. The van der Waals surface area contributed by atoms with Gasteiger partial charge in [-0.15, -0.1) is 0 Å². The van der Waals surface area contributed by atoms with Crippen molar-refractivity contribution in [2.75, 3.05) is 0 Å². The molecule has 0 N–H and O–H groups in total. The number of aryl methyl sites for hydroxylation is 1. The molecule has 0 aliphatic heterocycles. The molecule has 0 atom stereocenters. The minimum absolute atomic E-state index is 0.626. The molecule has 1 aliphatic carbocycles. The zero-order valence-corrected chi connectivity index (χ0v) is 8.66. The van der Waals surface area contributed by atoms with Crippen LogP contribution in [0.4, 0.5) is 0 Å². The molecule has 74 valence electrons. The normalized spacial score (nSPS) is 14.1. The summed E-state index contributed by atoms with van der Waals surface area (Å²) in [5, 5.41) is 3.98. The molecule has 1 aromatic carbocycles. The standard InChI is InChI=1S/C11H11BN2O/c12-11-13-10(14-15-11)9-6-2-4-7-3-1-5-8(7)9/h2,4,6H,1,3,5,12H2. The predicted octanol–water partition coefficient (Wildman–Crippen LogP) is 0.484. The fraction of sp³-hybridized carbons (Fsp3) is 0.273. The van der Waals surface area contributed by atoms with Crippen molar-refractivity contribution in [3.05, 3.63) is 29.3 Å². The minimum atomic E-state index is 0.626. The van der Waals surface area contributed by atoms with Gasteiger partial charge in [0.2, 0.25) is 13.7 Å². The van der Waals surface area contributed by atoms with E-state index in [1.165, 1.54) is 24.0 Å². The van der Waals surface area contributed by atoms with Crippen LogP contribution < -0.4 is 5.79 Å². The lowest BCUT2D eigenvalue weighted by Crippen LogP contribution is -2.01. The van der Waals surface area contributed by atoms with Crippen LogP contribution in [0.3, 0.4) is 0 Å². The van der Waals surface area contributed by atoms with Gasteiger partial charge in [0, 0.05) is 5.56 Å². The average Bonchev–Trinajstić information content (AvgIpc) is 2.84. The Morgan fingerprint density at radius 1 is 1.27 bits per heavy atom. The summed E-state index contributed by atoms with van der Waals surface area (Å²) in [6.07, 6.45) is 3.56. The van der Waals surface area contributed by atoms with Crippen molar-refractivity contribution in [1.82, 2.24) is 10.1 Å². The van der Waals surface area contributed by atoms with E-state index in [0.717, 1.165) is 17.8 Å². The molecule has 0 radical (unpaired) electrons. The van der Waals surface area contributed by atoms with Crippen molar-refractivity contribution in [1.29, 1.82) is 0 Å². The van der Waals surface area contributed by atoms with E-state index in [9.17, 15) is 0 Å². The summed E-state index contributed by atoms with van der Waals surface area (Å²) in [7, 11) is 1.82. The van der Waals surface area contributed by atoms with Crippen molar-refractivity contribution in [2.45, 2.75) is 19.3 Å². The van der Waals surface area contributed by atoms with Gasteiger partial charge in [-0.3, -0.25) is 0 Å². The number of hydrogen-bond acceptors (Lipinski definition) is 3. The van der Waals surface area contributed by atoms with Crippen LogP contribution in [0.2, 0.25) is 0 Å². The first-order chi connectivity index (χ1) is 7.34. The van der Waals surface area contributed by atoms with Gasteiger partial charge in [0.15, 0.2) is 5.79 Å². The highest BCUT2D eigenvalue weighted by Gasteiger charge is 2.17. The molecule has 0 unspecified atom stereocenters. The van der Waals surface area contributed by atoms with Crippen molar-refractivity contribution >= 4 is 13.6 Å². The zero-order valence-electron chi connectivity index (χ0n) is 8.66. The Hall–Kier alpha value is -1.58. The highest BCUT2D eigenvalue weighted by Crippen LogP contribution is 2.30. The van der Waals surface area contributed by atoms with Gasteiger partial charge >= 0.3 is 0 Å². The molecule has 0 bridgehead atoms. The highest BCUT2D eigenvalue weighted by molar-refractivity contribution is 6.28. The van der Waals surface area contributed by atoms with Crippen molar-refractivity contribution in [2.24, 2.45) is 0 Å². The molecule has 3 rings (SSSR count). The van der Waals surface area contributed by atoms with Crippen LogP contribution >= 0.6 is 0 Å². The summed E-state index contributed by atoms with van der Waals surface area (Å²) in [6, 6.07) is 6.35. The van der Waals surface area contributed by atoms with E-state index >= 15 is 0 Å². The second kappa shape index (κ2) is 3.23. The van der Waals surface area contributed by atoms with E-state index in [4.69, 9.17) is 4.52 Å². The molecule has 1 heterocycles. The SMILES string of the molecule is Bc1nc(-c2cccc3c2CCC3)no1. The average molecular weight is 198 g/mol. The topological polar surface area (TPSA) is 38.9 Å². The van der Waals surface area contributed by atoms with Crippen LogP contribution in [-0.4, -0.2) is 18.0 Å². The first-order valence-electron chi connectivity index (χ1n) is 5.26. The lowest BCUT2D eigenvalue weighted by molar-refractivity contribution is 0.447. The smallest absolute Gasteiger partial charge is 0.216 e.